The van der Waals surface area contributed by atoms with Crippen LogP contribution in [0, 0.1) is 23.2 Å². The van der Waals surface area contributed by atoms with Gasteiger partial charge in [0, 0.05) is 6.04 Å². The van der Waals surface area contributed by atoms with E-state index in [1.165, 1.54) is 26.1 Å². The summed E-state index contributed by atoms with van der Waals surface area (Å²) in [5.41, 5.74) is 0.467. The molecular weight excluding hydrogens is 184 g/mol. The fraction of sp³-hybridized carbons (Fsp3) is 1.00. The lowest BCUT2D eigenvalue weighted by molar-refractivity contribution is 0.100. The van der Waals surface area contributed by atoms with E-state index in [1.54, 1.807) is 0 Å². The molecule has 0 aromatic carbocycles. The van der Waals surface area contributed by atoms with Crippen molar-refractivity contribution >= 4 is 0 Å². The van der Waals surface area contributed by atoms with E-state index < -0.39 is 0 Å². The zero-order chi connectivity index (χ0) is 11.1. The number of nitrogens with one attached hydrogen (secondary N) is 2. The van der Waals surface area contributed by atoms with Crippen molar-refractivity contribution in [3.8, 4) is 0 Å². The molecule has 2 aliphatic heterocycles. The van der Waals surface area contributed by atoms with Crippen molar-refractivity contribution in [2.24, 2.45) is 23.2 Å². The fourth-order valence-corrected chi connectivity index (χ4v) is 2.94. The van der Waals surface area contributed by atoms with Crippen molar-refractivity contribution in [1.29, 1.82) is 0 Å². The Kier molecular flexibility index (Phi) is 3.09. The van der Waals surface area contributed by atoms with E-state index >= 15 is 0 Å². The summed E-state index contributed by atoms with van der Waals surface area (Å²) >= 11 is 0. The van der Waals surface area contributed by atoms with E-state index in [4.69, 9.17) is 0 Å². The van der Waals surface area contributed by atoms with Crippen LogP contribution in [-0.2, 0) is 0 Å². The van der Waals surface area contributed by atoms with Gasteiger partial charge in [-0.2, -0.15) is 0 Å². The Morgan fingerprint density at radius 2 is 1.80 bits per heavy atom. The molecule has 0 saturated carbocycles. The highest BCUT2D eigenvalue weighted by Gasteiger charge is 2.43. The number of hydrogen-bond acceptors (Lipinski definition) is 2. The molecule has 2 nitrogen and oxygen atoms in total. The van der Waals surface area contributed by atoms with Crippen LogP contribution < -0.4 is 10.6 Å². The molecule has 0 aliphatic carbocycles. The fourth-order valence-electron chi connectivity index (χ4n) is 2.94. The van der Waals surface area contributed by atoms with Gasteiger partial charge < -0.3 is 10.6 Å². The average molecular weight is 210 g/mol. The average Bonchev–Trinajstić information content (AvgIpc) is 2.46. The van der Waals surface area contributed by atoms with E-state index in [9.17, 15) is 0 Å². The molecule has 2 fully saturated rings. The summed E-state index contributed by atoms with van der Waals surface area (Å²) in [4.78, 5) is 0. The van der Waals surface area contributed by atoms with Crippen molar-refractivity contribution < 1.29 is 0 Å². The largest absolute Gasteiger partial charge is 0.316 e. The summed E-state index contributed by atoms with van der Waals surface area (Å²) in [6.07, 6.45) is 1.38. The maximum absolute atomic E-state index is 3.75. The molecule has 2 rings (SSSR count). The van der Waals surface area contributed by atoms with Gasteiger partial charge in [-0.05, 0) is 49.2 Å². The molecule has 0 bridgehead atoms. The first-order valence-corrected chi connectivity index (χ1v) is 6.46. The monoisotopic (exact) mass is 210 g/mol. The first-order valence-electron chi connectivity index (χ1n) is 6.46. The summed E-state index contributed by atoms with van der Waals surface area (Å²) in [6.45, 7) is 13.3. The predicted molar refractivity (Wildman–Crippen MR) is 64.9 cm³/mol. The summed E-state index contributed by atoms with van der Waals surface area (Å²) < 4.78 is 0. The molecule has 0 spiro atoms. The SMILES string of the molecule is CC(C)C1CNC(C(C)(C)C2CNC2)C1. The second-order valence-corrected chi connectivity index (χ2v) is 6.38. The van der Waals surface area contributed by atoms with Crippen LogP contribution in [0.3, 0.4) is 0 Å². The number of hydrogen-bond donors (Lipinski definition) is 2. The van der Waals surface area contributed by atoms with Gasteiger partial charge in [-0.25, -0.2) is 0 Å². The maximum atomic E-state index is 3.75. The molecule has 0 radical (unpaired) electrons. The topological polar surface area (TPSA) is 24.1 Å². The molecule has 2 heteroatoms. The Bertz CT molecular complexity index is 219. The van der Waals surface area contributed by atoms with Crippen molar-refractivity contribution in [1.82, 2.24) is 10.6 Å². The van der Waals surface area contributed by atoms with E-state index in [0.717, 1.165) is 23.8 Å². The third-order valence-corrected chi connectivity index (χ3v) is 4.84. The first kappa shape index (κ1) is 11.4. The quantitative estimate of drug-likeness (QED) is 0.743. The zero-order valence-corrected chi connectivity index (χ0v) is 10.6. The van der Waals surface area contributed by atoms with Crippen LogP contribution in [0.5, 0.6) is 0 Å². The molecule has 2 heterocycles. The van der Waals surface area contributed by atoms with Gasteiger partial charge in [-0.15, -0.1) is 0 Å². The first-order chi connectivity index (χ1) is 7.01. The van der Waals surface area contributed by atoms with E-state index in [0.29, 0.717) is 5.41 Å². The van der Waals surface area contributed by atoms with Crippen LogP contribution in [-0.4, -0.2) is 25.7 Å². The molecule has 2 aliphatic rings. The third-order valence-electron chi connectivity index (χ3n) is 4.84. The summed E-state index contributed by atoms with van der Waals surface area (Å²) in [5, 5.41) is 7.15. The van der Waals surface area contributed by atoms with Gasteiger partial charge >= 0.3 is 0 Å². The van der Waals surface area contributed by atoms with E-state index in [1.807, 2.05) is 0 Å². The van der Waals surface area contributed by atoms with Crippen LogP contribution in [0.1, 0.15) is 34.1 Å². The number of rotatable bonds is 3. The highest BCUT2D eigenvalue weighted by atomic mass is 15.0. The van der Waals surface area contributed by atoms with E-state index in [-0.39, 0.29) is 0 Å². The molecular formula is C13H26N2. The Hall–Kier alpha value is -0.0800. The van der Waals surface area contributed by atoms with Gasteiger partial charge in [-0.3, -0.25) is 0 Å². The van der Waals surface area contributed by atoms with Gasteiger partial charge in [0.1, 0.15) is 0 Å². The molecule has 15 heavy (non-hydrogen) atoms. The van der Waals surface area contributed by atoms with Crippen molar-refractivity contribution in [2.75, 3.05) is 19.6 Å². The molecule has 0 amide bonds. The lowest BCUT2D eigenvalue weighted by Crippen LogP contribution is -2.55. The normalized spacial score (nSPS) is 33.4. The Balaban J connectivity index is 1.94. The minimum absolute atomic E-state index is 0.467. The second-order valence-electron chi connectivity index (χ2n) is 6.38. The highest BCUT2D eigenvalue weighted by molar-refractivity contribution is 4.99. The van der Waals surface area contributed by atoms with Crippen molar-refractivity contribution in [3.05, 3.63) is 0 Å². The summed E-state index contributed by atoms with van der Waals surface area (Å²) in [6, 6.07) is 0.733. The molecule has 88 valence electrons. The third kappa shape index (κ3) is 2.07. The van der Waals surface area contributed by atoms with Crippen molar-refractivity contribution in [3.63, 3.8) is 0 Å². The molecule has 0 aromatic heterocycles. The maximum Gasteiger partial charge on any atom is 0.0125 e. The van der Waals surface area contributed by atoms with Crippen molar-refractivity contribution in [2.45, 2.75) is 40.2 Å². The molecule has 2 saturated heterocycles. The van der Waals surface area contributed by atoms with Crippen LogP contribution in [0.15, 0.2) is 0 Å². The minimum atomic E-state index is 0.467. The van der Waals surface area contributed by atoms with Gasteiger partial charge in [0.05, 0.1) is 0 Å². The smallest absolute Gasteiger partial charge is 0.0125 e. The van der Waals surface area contributed by atoms with Gasteiger partial charge in [0.15, 0.2) is 0 Å². The lowest BCUT2D eigenvalue weighted by Gasteiger charge is -2.45. The standard InChI is InChI=1S/C13H26N2/c1-9(2)10-5-12(15-6-10)13(3,4)11-7-14-8-11/h9-12,14-15H,5-8H2,1-4H3. The van der Waals surface area contributed by atoms with E-state index in [2.05, 4.69) is 38.3 Å². The Morgan fingerprint density at radius 3 is 2.20 bits per heavy atom. The molecule has 2 atom stereocenters. The Labute approximate surface area is 94.2 Å². The lowest BCUT2D eigenvalue weighted by atomic mass is 9.69. The van der Waals surface area contributed by atoms with Gasteiger partial charge in [-0.1, -0.05) is 27.7 Å². The zero-order valence-electron chi connectivity index (χ0n) is 10.6. The Morgan fingerprint density at radius 1 is 1.13 bits per heavy atom. The van der Waals surface area contributed by atoms with Crippen LogP contribution in [0.4, 0.5) is 0 Å². The second kappa shape index (κ2) is 4.06. The van der Waals surface area contributed by atoms with Crippen LogP contribution >= 0.6 is 0 Å². The minimum Gasteiger partial charge on any atom is -0.316 e. The molecule has 2 N–H and O–H groups in total. The molecule has 2 unspecified atom stereocenters. The predicted octanol–water partition coefficient (Wildman–Crippen LogP) is 1.87. The molecule has 0 aromatic rings. The van der Waals surface area contributed by atoms with Crippen LogP contribution in [0.25, 0.3) is 0 Å². The van der Waals surface area contributed by atoms with Crippen LogP contribution in [0.2, 0.25) is 0 Å². The summed E-state index contributed by atoms with van der Waals surface area (Å²) in [7, 11) is 0. The van der Waals surface area contributed by atoms with Gasteiger partial charge in [0.2, 0.25) is 0 Å². The van der Waals surface area contributed by atoms with Gasteiger partial charge in [0.25, 0.3) is 0 Å². The summed E-state index contributed by atoms with van der Waals surface area (Å²) in [5.74, 6) is 2.60. The highest BCUT2D eigenvalue weighted by Crippen LogP contribution is 2.39.